The molecule has 1 fully saturated rings. The number of amides is 3. The number of hydrogen-bond donors (Lipinski definition) is 3. The molecule has 155 valence electrons. The maximum Gasteiger partial charge on any atom is 0.336 e. The minimum absolute atomic E-state index is 0. The van der Waals surface area contributed by atoms with Crippen LogP contribution >= 0.6 is 0 Å². The molecule has 2 aliphatic rings. The maximum absolute atomic E-state index is 12.9. The normalized spacial score (nSPS) is 18.6. The molecule has 0 bridgehead atoms. The lowest BCUT2D eigenvalue weighted by molar-refractivity contribution is -0.121. The number of nitrogens with zero attached hydrogens (tertiary/aromatic N) is 4. The summed E-state index contributed by atoms with van der Waals surface area (Å²) in [4.78, 5) is 24.7. The van der Waals surface area contributed by atoms with Crippen molar-refractivity contribution in [1.29, 1.82) is 5.26 Å². The Morgan fingerprint density at radius 1 is 1.41 bits per heavy atom. The Hall–Kier alpha value is -3.46. The van der Waals surface area contributed by atoms with Gasteiger partial charge in [0.05, 0.1) is 24.0 Å². The topological polar surface area (TPSA) is 157 Å². The Balaban J connectivity index is 0.00000240. The number of aromatic nitrogens is 2. The van der Waals surface area contributed by atoms with Crippen molar-refractivity contribution in [2.24, 2.45) is 0 Å². The van der Waals surface area contributed by atoms with Crippen molar-refractivity contribution in [3.63, 3.8) is 0 Å². The molecule has 1 radical (unpaired) electrons. The summed E-state index contributed by atoms with van der Waals surface area (Å²) in [5.74, 6) is -0.692. The number of nitriles is 1. The van der Waals surface area contributed by atoms with E-state index in [2.05, 4.69) is 26.1 Å². The standard InChI is InChI=1S/C17H18N7O4S.2H2/c1-9-6-12(7-18)22-23-15(9)10(2)20-14(25)8-24-17(26)21-13-4-5-19-11(3)16(13)29(24,27)28;;/h4-6,10,19H,8H2,1-3H3,(H,20,25)(H,21,26);2*1H/t10-;;/m0../s1. The smallest absolute Gasteiger partial charge is 0.336 e. The number of hydrogen-bond acceptors (Lipinski definition) is 8. The van der Waals surface area contributed by atoms with Gasteiger partial charge in [-0.25, -0.2) is 17.5 Å². The van der Waals surface area contributed by atoms with Crippen molar-refractivity contribution in [1.82, 2.24) is 30.5 Å². The molecule has 3 rings (SSSR count). The number of aryl methyl sites for hydroxylation is 1. The SMILES string of the molecule is CC1=C2C(=C[CH]N1)NC(=O)N(CC(=O)N[C@@H](C)c1nnc(C#N)cc1C)S2(=O)=O.[HH].[HH]. The van der Waals surface area contributed by atoms with Crippen LogP contribution in [0, 0.1) is 24.8 Å². The number of urea groups is 1. The molecule has 0 unspecified atom stereocenters. The van der Waals surface area contributed by atoms with Crippen LogP contribution in [0.5, 0.6) is 0 Å². The highest BCUT2D eigenvalue weighted by Gasteiger charge is 2.42. The molecule has 0 saturated carbocycles. The number of nitrogens with one attached hydrogen (secondary N) is 3. The lowest BCUT2D eigenvalue weighted by Crippen LogP contribution is -2.54. The fraction of sp³-hybridized carbons (Fsp3) is 0.294. The Labute approximate surface area is 170 Å². The second-order valence-electron chi connectivity index (χ2n) is 6.49. The number of fused-ring (bicyclic) bond motifs is 1. The van der Waals surface area contributed by atoms with Gasteiger partial charge in [-0.1, -0.05) is 0 Å². The summed E-state index contributed by atoms with van der Waals surface area (Å²) < 4.78 is 26.2. The van der Waals surface area contributed by atoms with Crippen LogP contribution in [0.25, 0.3) is 0 Å². The van der Waals surface area contributed by atoms with Gasteiger partial charge in [-0.15, -0.1) is 5.10 Å². The first-order valence-corrected chi connectivity index (χ1v) is 9.98. The predicted molar refractivity (Wildman–Crippen MR) is 105 cm³/mol. The molecule has 29 heavy (non-hydrogen) atoms. The van der Waals surface area contributed by atoms with Gasteiger partial charge in [0.1, 0.15) is 17.5 Å². The molecule has 3 heterocycles. The van der Waals surface area contributed by atoms with Gasteiger partial charge in [0.15, 0.2) is 5.69 Å². The number of sulfonamides is 1. The monoisotopic (exact) mass is 420 g/mol. The van der Waals surface area contributed by atoms with Crippen molar-refractivity contribution in [2.45, 2.75) is 26.8 Å². The molecule has 1 aromatic heterocycles. The average molecular weight is 420 g/mol. The maximum atomic E-state index is 12.9. The van der Waals surface area contributed by atoms with E-state index in [1.165, 1.54) is 18.7 Å². The van der Waals surface area contributed by atoms with Crippen molar-refractivity contribution in [2.75, 3.05) is 6.54 Å². The second-order valence-corrected chi connectivity index (χ2v) is 8.29. The van der Waals surface area contributed by atoms with Gasteiger partial charge in [0.2, 0.25) is 5.91 Å². The zero-order chi connectivity index (χ0) is 21.3. The first-order chi connectivity index (χ1) is 13.6. The van der Waals surface area contributed by atoms with E-state index in [1.54, 1.807) is 20.8 Å². The highest BCUT2D eigenvalue weighted by molar-refractivity contribution is 7.94. The average Bonchev–Trinajstić information content (AvgIpc) is 2.64. The van der Waals surface area contributed by atoms with Crippen LogP contribution in [-0.2, 0) is 14.8 Å². The number of allylic oxidation sites excluding steroid dienone is 1. The van der Waals surface area contributed by atoms with E-state index < -0.39 is 34.5 Å². The molecule has 11 nitrogen and oxygen atoms in total. The van der Waals surface area contributed by atoms with Gasteiger partial charge in [0, 0.05) is 8.55 Å². The lowest BCUT2D eigenvalue weighted by atomic mass is 10.1. The van der Waals surface area contributed by atoms with Crippen LogP contribution in [0.15, 0.2) is 28.4 Å². The number of carbonyl (C=O) groups is 2. The van der Waals surface area contributed by atoms with Gasteiger partial charge in [0.25, 0.3) is 10.0 Å². The Morgan fingerprint density at radius 2 is 2.14 bits per heavy atom. The summed E-state index contributed by atoms with van der Waals surface area (Å²) in [5, 5.41) is 24.4. The van der Waals surface area contributed by atoms with Gasteiger partial charge in [-0.3, -0.25) is 4.79 Å². The summed E-state index contributed by atoms with van der Waals surface area (Å²) in [5.41, 5.74) is 1.71. The van der Waals surface area contributed by atoms with E-state index in [1.807, 2.05) is 6.07 Å². The molecule has 0 aliphatic carbocycles. The molecule has 0 spiro atoms. The fourth-order valence-corrected chi connectivity index (χ4v) is 4.66. The number of dihydropyridines is 1. The third-order valence-electron chi connectivity index (χ3n) is 4.36. The number of rotatable bonds is 4. The van der Waals surface area contributed by atoms with Crippen LogP contribution in [0.2, 0.25) is 0 Å². The first kappa shape index (κ1) is 20.3. The highest BCUT2D eigenvalue weighted by atomic mass is 32.2. The molecule has 2 aliphatic heterocycles. The highest BCUT2D eigenvalue weighted by Crippen LogP contribution is 2.29. The minimum atomic E-state index is -4.21. The van der Waals surface area contributed by atoms with Crippen LogP contribution in [0.4, 0.5) is 4.79 Å². The first-order valence-electron chi connectivity index (χ1n) is 8.54. The van der Waals surface area contributed by atoms with E-state index in [0.29, 0.717) is 21.3 Å². The molecule has 1 aromatic rings. The molecule has 3 amide bonds. The quantitative estimate of drug-likeness (QED) is 0.637. The molecular weight excluding hydrogens is 398 g/mol. The van der Waals surface area contributed by atoms with Gasteiger partial charge in [-0.2, -0.15) is 10.4 Å². The Bertz CT molecular complexity index is 1110. The van der Waals surface area contributed by atoms with Crippen molar-refractivity contribution >= 4 is 22.0 Å². The molecule has 12 heteroatoms. The second kappa shape index (κ2) is 7.51. The summed E-state index contributed by atoms with van der Waals surface area (Å²) >= 11 is 0. The zero-order valence-corrected chi connectivity index (χ0v) is 16.7. The summed E-state index contributed by atoms with van der Waals surface area (Å²) in [6, 6.07) is 1.88. The Morgan fingerprint density at radius 3 is 2.79 bits per heavy atom. The molecule has 0 aromatic carbocycles. The Kier molecular flexibility index (Phi) is 5.25. The van der Waals surface area contributed by atoms with E-state index in [-0.39, 0.29) is 19.1 Å². The molecule has 3 N–H and O–H groups in total. The van der Waals surface area contributed by atoms with Crippen molar-refractivity contribution in [3.8, 4) is 6.07 Å². The lowest BCUT2D eigenvalue weighted by Gasteiger charge is -2.33. The third-order valence-corrected chi connectivity index (χ3v) is 6.28. The van der Waals surface area contributed by atoms with Gasteiger partial charge in [-0.05, 0) is 38.5 Å². The van der Waals surface area contributed by atoms with Crippen LogP contribution in [0.1, 0.15) is 39.7 Å². The predicted octanol–water partition coefficient (Wildman–Crippen LogP) is 0.561. The van der Waals surface area contributed by atoms with Gasteiger partial charge >= 0.3 is 6.03 Å². The summed E-state index contributed by atoms with van der Waals surface area (Å²) in [6.45, 7) is 5.72. The largest absolute Gasteiger partial charge is 0.379 e. The van der Waals surface area contributed by atoms with E-state index in [4.69, 9.17) is 5.26 Å². The van der Waals surface area contributed by atoms with Crippen molar-refractivity contribution < 1.29 is 20.9 Å². The van der Waals surface area contributed by atoms with E-state index in [0.717, 1.165) is 0 Å². The number of carbonyl (C=O) groups excluding carboxylic acids is 2. The van der Waals surface area contributed by atoms with Crippen LogP contribution < -0.4 is 16.0 Å². The van der Waals surface area contributed by atoms with Crippen LogP contribution in [-0.4, -0.2) is 41.4 Å². The van der Waals surface area contributed by atoms with Crippen LogP contribution in [0.3, 0.4) is 0 Å². The fourth-order valence-electron chi connectivity index (χ4n) is 3.04. The molecular formula is C17H22N7O4S. The van der Waals surface area contributed by atoms with Crippen molar-refractivity contribution in [3.05, 3.63) is 51.9 Å². The van der Waals surface area contributed by atoms with E-state index in [9.17, 15) is 18.0 Å². The third kappa shape index (κ3) is 3.77. The molecule has 1 atom stereocenters. The van der Waals surface area contributed by atoms with E-state index >= 15 is 0 Å². The zero-order valence-electron chi connectivity index (χ0n) is 15.8. The molecule has 1 saturated heterocycles. The summed E-state index contributed by atoms with van der Waals surface area (Å²) in [6.07, 6.45) is 1.43. The van der Waals surface area contributed by atoms with Gasteiger partial charge < -0.3 is 16.0 Å². The summed E-state index contributed by atoms with van der Waals surface area (Å²) in [7, 11) is -4.21. The minimum Gasteiger partial charge on any atom is -0.379 e.